The Morgan fingerprint density at radius 1 is 1.17 bits per heavy atom. The van der Waals surface area contributed by atoms with Crippen LogP contribution < -0.4 is 0 Å². The summed E-state index contributed by atoms with van der Waals surface area (Å²) in [6.45, 7) is 6.16. The third-order valence-corrected chi connectivity index (χ3v) is 4.93. The number of amides is 2. The first kappa shape index (κ1) is 17.5. The van der Waals surface area contributed by atoms with E-state index >= 15 is 0 Å². The number of thioether (sulfide) groups is 1. The Labute approximate surface area is 140 Å². The first-order valence-electron chi connectivity index (χ1n) is 7.56. The zero-order chi connectivity index (χ0) is 17.2. The highest BCUT2D eigenvalue weighted by atomic mass is 32.2. The van der Waals surface area contributed by atoms with E-state index in [0.29, 0.717) is 24.0 Å². The third-order valence-electron chi connectivity index (χ3n) is 3.50. The zero-order valence-electron chi connectivity index (χ0n) is 13.5. The lowest BCUT2D eigenvalue weighted by Gasteiger charge is -2.23. The van der Waals surface area contributed by atoms with E-state index in [-0.39, 0.29) is 23.1 Å². The van der Waals surface area contributed by atoms with E-state index in [1.54, 1.807) is 24.3 Å². The van der Waals surface area contributed by atoms with Gasteiger partial charge in [-0.25, -0.2) is 0 Å². The summed E-state index contributed by atoms with van der Waals surface area (Å²) >= 11 is 1.39. The number of rotatable bonds is 6. The molecule has 0 bridgehead atoms. The Bertz CT molecular complexity index is 601. The van der Waals surface area contributed by atoms with Crippen LogP contribution in [0.3, 0.4) is 0 Å². The topological polar surface area (TPSA) is 74.7 Å². The van der Waals surface area contributed by atoms with Crippen LogP contribution in [0.4, 0.5) is 0 Å². The molecule has 0 radical (unpaired) electrons. The lowest BCUT2D eigenvalue weighted by molar-refractivity contribution is -0.136. The fourth-order valence-corrected chi connectivity index (χ4v) is 3.78. The molecule has 1 aliphatic rings. The van der Waals surface area contributed by atoms with Crippen molar-refractivity contribution in [1.29, 1.82) is 0 Å². The number of carboxylic acid groups (broad SMARTS) is 1. The second kappa shape index (κ2) is 6.74. The van der Waals surface area contributed by atoms with Crippen molar-refractivity contribution in [2.45, 2.75) is 43.6 Å². The van der Waals surface area contributed by atoms with Crippen LogP contribution in [-0.4, -0.2) is 44.3 Å². The maximum atomic E-state index is 12.2. The van der Waals surface area contributed by atoms with Crippen LogP contribution in [0.15, 0.2) is 24.3 Å². The molecule has 2 rings (SSSR count). The number of benzene rings is 1. The summed E-state index contributed by atoms with van der Waals surface area (Å²) < 4.78 is -0.154. The van der Waals surface area contributed by atoms with E-state index < -0.39 is 11.2 Å². The van der Waals surface area contributed by atoms with Gasteiger partial charge in [0.2, 0.25) is 0 Å². The monoisotopic (exact) mass is 335 g/mol. The van der Waals surface area contributed by atoms with E-state index in [1.165, 1.54) is 16.7 Å². The Morgan fingerprint density at radius 2 is 1.70 bits per heavy atom. The Kier molecular flexibility index (Phi) is 5.14. The summed E-state index contributed by atoms with van der Waals surface area (Å²) in [6.07, 6.45) is 0.899. The number of hydrogen-bond donors (Lipinski definition) is 1. The molecule has 1 aromatic rings. The van der Waals surface area contributed by atoms with Gasteiger partial charge in [-0.2, -0.15) is 0 Å². The van der Waals surface area contributed by atoms with Crippen molar-refractivity contribution >= 4 is 29.5 Å². The van der Waals surface area contributed by atoms with Crippen molar-refractivity contribution < 1.29 is 19.5 Å². The van der Waals surface area contributed by atoms with Crippen LogP contribution in [0.25, 0.3) is 0 Å². The largest absolute Gasteiger partial charge is 0.480 e. The van der Waals surface area contributed by atoms with Crippen LogP contribution in [0, 0.1) is 0 Å². The molecule has 1 aliphatic heterocycles. The second-order valence-corrected chi connectivity index (χ2v) is 8.54. The van der Waals surface area contributed by atoms with Gasteiger partial charge in [0.15, 0.2) is 0 Å². The molecule has 6 heteroatoms. The molecule has 1 heterocycles. The quantitative estimate of drug-likeness (QED) is 0.809. The minimum atomic E-state index is -0.854. The van der Waals surface area contributed by atoms with Crippen LogP contribution in [0.5, 0.6) is 0 Å². The van der Waals surface area contributed by atoms with Crippen molar-refractivity contribution in [3.63, 3.8) is 0 Å². The summed E-state index contributed by atoms with van der Waals surface area (Å²) in [4.78, 5) is 37.0. The molecule has 0 saturated carbocycles. The summed E-state index contributed by atoms with van der Waals surface area (Å²) in [5.41, 5.74) is 0.854. The fourth-order valence-electron chi connectivity index (χ4n) is 2.54. The molecule has 0 unspecified atom stereocenters. The Balaban J connectivity index is 1.95. The SMILES string of the molecule is CC(C)(C)S[C@@H](CCCN1C(=O)c2ccccc2C1=O)C(=O)O. The predicted molar refractivity (Wildman–Crippen MR) is 89.8 cm³/mol. The molecule has 1 atom stereocenters. The Morgan fingerprint density at radius 3 is 2.13 bits per heavy atom. The first-order chi connectivity index (χ1) is 10.7. The van der Waals surface area contributed by atoms with Gasteiger partial charge in [-0.05, 0) is 25.0 Å². The van der Waals surface area contributed by atoms with Gasteiger partial charge in [-0.3, -0.25) is 19.3 Å². The number of carbonyl (C=O) groups is 3. The highest BCUT2D eigenvalue weighted by molar-refractivity contribution is 8.01. The van der Waals surface area contributed by atoms with Crippen molar-refractivity contribution in [3.05, 3.63) is 35.4 Å². The van der Waals surface area contributed by atoms with Gasteiger partial charge in [0.1, 0.15) is 5.25 Å². The van der Waals surface area contributed by atoms with Gasteiger partial charge >= 0.3 is 5.97 Å². The smallest absolute Gasteiger partial charge is 0.316 e. The molecule has 0 aromatic heterocycles. The van der Waals surface area contributed by atoms with Crippen molar-refractivity contribution in [2.24, 2.45) is 0 Å². The van der Waals surface area contributed by atoms with Crippen LogP contribution in [-0.2, 0) is 4.79 Å². The normalized spacial score (nSPS) is 15.7. The van der Waals surface area contributed by atoms with Crippen LogP contribution in [0.2, 0.25) is 0 Å². The van der Waals surface area contributed by atoms with Gasteiger partial charge in [0.25, 0.3) is 11.8 Å². The van der Waals surface area contributed by atoms with Crippen LogP contribution >= 0.6 is 11.8 Å². The maximum absolute atomic E-state index is 12.2. The number of hydrogen-bond acceptors (Lipinski definition) is 4. The third kappa shape index (κ3) is 4.13. The van der Waals surface area contributed by atoms with Gasteiger partial charge in [-0.1, -0.05) is 32.9 Å². The van der Waals surface area contributed by atoms with Crippen molar-refractivity contribution in [1.82, 2.24) is 4.90 Å². The molecular weight excluding hydrogens is 314 g/mol. The summed E-state index contributed by atoms with van der Waals surface area (Å²) in [5.74, 6) is -1.44. The predicted octanol–water partition coefficient (Wildman–Crippen LogP) is 3.05. The lowest BCUT2D eigenvalue weighted by atomic mass is 10.1. The highest BCUT2D eigenvalue weighted by Crippen LogP contribution is 2.31. The lowest BCUT2D eigenvalue weighted by Crippen LogP contribution is -2.32. The molecule has 5 nitrogen and oxygen atoms in total. The Hall–Kier alpha value is -1.82. The van der Waals surface area contributed by atoms with E-state index in [4.69, 9.17) is 0 Å². The second-order valence-electron chi connectivity index (χ2n) is 6.51. The fraction of sp³-hybridized carbons (Fsp3) is 0.471. The van der Waals surface area contributed by atoms with E-state index in [1.807, 2.05) is 20.8 Å². The van der Waals surface area contributed by atoms with Gasteiger partial charge in [0, 0.05) is 11.3 Å². The molecular formula is C17H21NO4S. The number of aliphatic carboxylic acids is 1. The van der Waals surface area contributed by atoms with E-state index in [2.05, 4.69) is 0 Å². The summed E-state index contributed by atoms with van der Waals surface area (Å²) in [7, 11) is 0. The average Bonchev–Trinajstić information content (AvgIpc) is 2.70. The number of carbonyl (C=O) groups excluding carboxylic acids is 2. The molecule has 1 aromatic carbocycles. The van der Waals surface area contributed by atoms with Crippen LogP contribution in [0.1, 0.15) is 54.3 Å². The number of fused-ring (bicyclic) bond motifs is 1. The minimum absolute atomic E-state index is 0.154. The van der Waals surface area contributed by atoms with Crippen molar-refractivity contribution in [2.75, 3.05) is 6.54 Å². The van der Waals surface area contributed by atoms with Gasteiger partial charge < -0.3 is 5.11 Å². The highest BCUT2D eigenvalue weighted by Gasteiger charge is 2.35. The molecule has 0 saturated heterocycles. The van der Waals surface area contributed by atoms with E-state index in [9.17, 15) is 19.5 Å². The minimum Gasteiger partial charge on any atom is -0.480 e. The van der Waals surface area contributed by atoms with Crippen molar-refractivity contribution in [3.8, 4) is 0 Å². The molecule has 1 N–H and O–H groups in total. The standard InChI is InChI=1S/C17H21NO4S/c1-17(2,3)23-13(16(21)22)9-6-10-18-14(19)11-7-4-5-8-12(11)15(18)20/h4-5,7-8,13H,6,9-10H2,1-3H3,(H,21,22)/t13-/m0/s1. The first-order valence-corrected chi connectivity index (χ1v) is 8.44. The molecule has 0 aliphatic carbocycles. The number of imide groups is 1. The number of carboxylic acids is 1. The average molecular weight is 335 g/mol. The molecule has 0 fully saturated rings. The maximum Gasteiger partial charge on any atom is 0.316 e. The zero-order valence-corrected chi connectivity index (χ0v) is 14.4. The molecule has 2 amide bonds. The molecule has 124 valence electrons. The summed E-state index contributed by atoms with van der Waals surface area (Å²) in [5, 5.41) is 8.77. The van der Waals surface area contributed by atoms with E-state index in [0.717, 1.165) is 0 Å². The summed E-state index contributed by atoms with van der Waals surface area (Å²) in [6, 6.07) is 6.75. The molecule has 23 heavy (non-hydrogen) atoms. The van der Waals surface area contributed by atoms with Gasteiger partial charge in [-0.15, -0.1) is 11.8 Å². The number of nitrogens with zero attached hydrogens (tertiary/aromatic N) is 1. The van der Waals surface area contributed by atoms with Gasteiger partial charge in [0.05, 0.1) is 11.1 Å². The molecule has 0 spiro atoms.